The molecule has 0 saturated heterocycles. The van der Waals surface area contributed by atoms with Crippen molar-refractivity contribution in [3.63, 3.8) is 0 Å². The summed E-state index contributed by atoms with van der Waals surface area (Å²) in [5.74, 6) is 0.305. The Bertz CT molecular complexity index is 722. The van der Waals surface area contributed by atoms with Gasteiger partial charge in [0.1, 0.15) is 12.2 Å². The van der Waals surface area contributed by atoms with Crippen molar-refractivity contribution in [1.29, 1.82) is 0 Å². The minimum Gasteiger partial charge on any atom is -0.465 e. The second-order valence-electron chi connectivity index (χ2n) is 11.4. The molecule has 4 rings (SSSR count). The van der Waals surface area contributed by atoms with Crippen molar-refractivity contribution in [3.05, 3.63) is 0 Å². The Hall–Kier alpha value is -1.14. The lowest BCUT2D eigenvalue weighted by Gasteiger charge is -2.65. The zero-order valence-corrected chi connectivity index (χ0v) is 18.9. The van der Waals surface area contributed by atoms with E-state index in [1.165, 1.54) is 13.8 Å². The van der Waals surface area contributed by atoms with E-state index < -0.39 is 17.1 Å². The van der Waals surface area contributed by atoms with Crippen LogP contribution >= 0.6 is 0 Å². The van der Waals surface area contributed by atoms with E-state index in [1.807, 2.05) is 0 Å². The molecule has 0 aromatic carbocycles. The number of hydrogen-bond acceptors (Lipinski definition) is 6. The van der Waals surface area contributed by atoms with Crippen LogP contribution in [0.15, 0.2) is 0 Å². The molecule has 0 heterocycles. The van der Waals surface area contributed by atoms with Gasteiger partial charge in [-0.2, -0.15) is 0 Å². The molecule has 4 saturated carbocycles. The van der Waals surface area contributed by atoms with Gasteiger partial charge in [-0.25, -0.2) is 0 Å². The number of rotatable bonds is 4. The third kappa shape index (κ3) is 3.21. The van der Waals surface area contributed by atoms with Gasteiger partial charge in [0.25, 0.3) is 0 Å². The number of ether oxygens (including phenoxy) is 2. The molecule has 0 aromatic rings. The summed E-state index contributed by atoms with van der Waals surface area (Å²) in [5, 5.41) is 22.4. The molecule has 30 heavy (non-hydrogen) atoms. The minimum absolute atomic E-state index is 0.0457. The molecular weight excluding hydrogens is 384 g/mol. The first-order valence-electron chi connectivity index (χ1n) is 11.6. The van der Waals surface area contributed by atoms with Crippen LogP contribution < -0.4 is 0 Å². The summed E-state index contributed by atoms with van der Waals surface area (Å²) in [6.45, 7) is 7.67. The number of esters is 2. The predicted molar refractivity (Wildman–Crippen MR) is 110 cm³/mol. The summed E-state index contributed by atoms with van der Waals surface area (Å²) >= 11 is 0. The van der Waals surface area contributed by atoms with E-state index in [4.69, 9.17) is 9.47 Å². The highest BCUT2D eigenvalue weighted by molar-refractivity contribution is 5.66. The highest BCUT2D eigenvalue weighted by Gasteiger charge is 2.68. The molecule has 4 aliphatic rings. The second kappa shape index (κ2) is 7.19. The lowest BCUT2D eigenvalue weighted by atomic mass is 9.40. The molecule has 4 aliphatic carbocycles. The molecule has 0 unspecified atom stereocenters. The highest BCUT2D eigenvalue weighted by Crippen LogP contribution is 2.72. The van der Waals surface area contributed by atoms with E-state index >= 15 is 0 Å². The summed E-state index contributed by atoms with van der Waals surface area (Å²) in [4.78, 5) is 22.9. The van der Waals surface area contributed by atoms with Gasteiger partial charge in [0, 0.05) is 19.3 Å². The van der Waals surface area contributed by atoms with Crippen LogP contribution in [0.3, 0.4) is 0 Å². The topological polar surface area (TPSA) is 93.1 Å². The molecule has 170 valence electrons. The van der Waals surface area contributed by atoms with Crippen LogP contribution in [0.4, 0.5) is 0 Å². The number of carbonyl (C=O) groups is 2. The Kier molecular flexibility index (Phi) is 5.29. The molecule has 6 nitrogen and oxygen atoms in total. The van der Waals surface area contributed by atoms with Gasteiger partial charge in [0.15, 0.2) is 0 Å². The van der Waals surface area contributed by atoms with Crippen LogP contribution in [-0.4, -0.2) is 47.1 Å². The zero-order chi connectivity index (χ0) is 21.9. The van der Waals surface area contributed by atoms with Crippen LogP contribution in [0.5, 0.6) is 0 Å². The number of hydrogen-bond donors (Lipinski definition) is 2. The van der Waals surface area contributed by atoms with Gasteiger partial charge in [-0.05, 0) is 80.0 Å². The minimum atomic E-state index is -0.918. The van der Waals surface area contributed by atoms with Crippen molar-refractivity contribution in [2.75, 3.05) is 13.2 Å². The summed E-state index contributed by atoms with van der Waals surface area (Å²) in [5.41, 5.74) is -1.24. The number of aliphatic hydroxyl groups is 2. The summed E-state index contributed by atoms with van der Waals surface area (Å²) in [6.07, 6.45) is 6.93. The normalized spacial score (nSPS) is 49.7. The fraction of sp³-hybridized carbons (Fsp3) is 0.917. The lowest BCUT2D eigenvalue weighted by molar-refractivity contribution is -0.204. The molecule has 2 N–H and O–H groups in total. The lowest BCUT2D eigenvalue weighted by Crippen LogP contribution is -2.61. The van der Waals surface area contributed by atoms with Gasteiger partial charge in [-0.15, -0.1) is 0 Å². The van der Waals surface area contributed by atoms with E-state index in [9.17, 15) is 19.8 Å². The van der Waals surface area contributed by atoms with E-state index in [0.717, 1.165) is 44.9 Å². The predicted octanol–water partition coefficient (Wildman–Crippen LogP) is 3.23. The van der Waals surface area contributed by atoms with Crippen LogP contribution in [0.1, 0.15) is 79.1 Å². The fourth-order valence-corrected chi connectivity index (χ4v) is 8.51. The van der Waals surface area contributed by atoms with Crippen LogP contribution in [0.25, 0.3) is 0 Å². The van der Waals surface area contributed by atoms with E-state index in [-0.39, 0.29) is 47.8 Å². The molecule has 6 heteroatoms. The molecule has 4 fully saturated rings. The monoisotopic (exact) mass is 422 g/mol. The van der Waals surface area contributed by atoms with Crippen molar-refractivity contribution in [2.24, 2.45) is 34.0 Å². The maximum absolute atomic E-state index is 11.5. The van der Waals surface area contributed by atoms with Gasteiger partial charge >= 0.3 is 11.9 Å². The zero-order valence-electron chi connectivity index (χ0n) is 18.9. The van der Waals surface area contributed by atoms with Gasteiger partial charge in [0.2, 0.25) is 0 Å². The first kappa shape index (κ1) is 22.1. The van der Waals surface area contributed by atoms with E-state index in [0.29, 0.717) is 12.3 Å². The van der Waals surface area contributed by atoms with Gasteiger partial charge in [-0.1, -0.05) is 13.8 Å². The summed E-state index contributed by atoms with van der Waals surface area (Å²) < 4.78 is 10.7. The van der Waals surface area contributed by atoms with Crippen LogP contribution in [-0.2, 0) is 19.1 Å². The number of fused-ring (bicyclic) bond motifs is 3. The molecule has 0 amide bonds. The summed E-state index contributed by atoms with van der Waals surface area (Å²) in [6, 6.07) is 0. The molecule has 0 radical (unpaired) electrons. The average molecular weight is 423 g/mol. The SMILES string of the molecule is CC(=O)OC[C@@]1(O)C[C@@]23CC[C@@H]4[C@](C)(COC(C)=O)[C@H](O)CC[C@@]4(C)[C@@H]2CC[C@@H]1C3. The van der Waals surface area contributed by atoms with E-state index in [1.54, 1.807) is 0 Å². The Labute approximate surface area is 179 Å². The smallest absolute Gasteiger partial charge is 0.302 e. The van der Waals surface area contributed by atoms with Gasteiger partial charge in [0.05, 0.1) is 12.7 Å². The average Bonchev–Trinajstić information content (AvgIpc) is 2.88. The maximum atomic E-state index is 11.5. The van der Waals surface area contributed by atoms with Crippen molar-refractivity contribution in [1.82, 2.24) is 0 Å². The van der Waals surface area contributed by atoms with Crippen molar-refractivity contribution < 1.29 is 29.3 Å². The molecule has 1 spiro atoms. The molecule has 0 aromatic heterocycles. The fourth-order valence-electron chi connectivity index (χ4n) is 8.51. The standard InChI is InChI=1S/C24H38O6/c1-15(25)29-13-22(4)18-7-10-23-11-17(24(28,12-23)14-30-16(2)26)5-6-19(23)21(18,3)9-8-20(22)27/h17-20,27-28H,5-14H2,1-4H3/t17-,18+,19+,20-,21-,22+,23+,24+/m1/s1. The van der Waals surface area contributed by atoms with Gasteiger partial charge < -0.3 is 19.7 Å². The highest BCUT2D eigenvalue weighted by atomic mass is 16.5. The molecule has 2 bridgehead atoms. The Balaban J connectivity index is 1.62. The summed E-state index contributed by atoms with van der Waals surface area (Å²) in [7, 11) is 0. The van der Waals surface area contributed by atoms with E-state index in [2.05, 4.69) is 13.8 Å². The first-order chi connectivity index (χ1) is 14.0. The Morgan fingerprint density at radius 2 is 1.60 bits per heavy atom. The molecular formula is C24H38O6. The van der Waals surface area contributed by atoms with Crippen molar-refractivity contribution in [3.8, 4) is 0 Å². The van der Waals surface area contributed by atoms with Crippen LogP contribution in [0.2, 0.25) is 0 Å². The quantitative estimate of drug-likeness (QED) is 0.676. The molecule has 8 atom stereocenters. The first-order valence-corrected chi connectivity index (χ1v) is 11.6. The number of aliphatic hydroxyl groups excluding tert-OH is 1. The van der Waals surface area contributed by atoms with Crippen LogP contribution in [0, 0.1) is 34.0 Å². The molecule has 0 aliphatic heterocycles. The number of carbonyl (C=O) groups excluding carboxylic acids is 2. The maximum Gasteiger partial charge on any atom is 0.302 e. The van der Waals surface area contributed by atoms with Crippen molar-refractivity contribution >= 4 is 11.9 Å². The Morgan fingerprint density at radius 1 is 0.933 bits per heavy atom. The van der Waals surface area contributed by atoms with Gasteiger partial charge in [-0.3, -0.25) is 9.59 Å². The third-order valence-electron chi connectivity index (χ3n) is 9.76. The third-order valence-corrected chi connectivity index (χ3v) is 9.76. The largest absolute Gasteiger partial charge is 0.465 e. The second-order valence-corrected chi connectivity index (χ2v) is 11.4. The van der Waals surface area contributed by atoms with Crippen molar-refractivity contribution in [2.45, 2.75) is 90.8 Å². The Morgan fingerprint density at radius 3 is 2.27 bits per heavy atom.